The Kier molecular flexibility index (Phi) is 5.84. The predicted octanol–water partition coefficient (Wildman–Crippen LogP) is 3.51. The van der Waals surface area contributed by atoms with Crippen molar-refractivity contribution in [3.05, 3.63) is 93.3 Å². The summed E-state index contributed by atoms with van der Waals surface area (Å²) >= 11 is 0. The summed E-state index contributed by atoms with van der Waals surface area (Å²) in [6.45, 7) is 3.10. The van der Waals surface area contributed by atoms with Crippen molar-refractivity contribution in [3.63, 3.8) is 0 Å². The van der Waals surface area contributed by atoms with Crippen molar-refractivity contribution in [2.45, 2.75) is 32.9 Å². The molecule has 0 bridgehead atoms. The van der Waals surface area contributed by atoms with Crippen LogP contribution in [0.25, 0.3) is 0 Å². The van der Waals surface area contributed by atoms with Gasteiger partial charge in [-0.05, 0) is 31.4 Å². The summed E-state index contributed by atoms with van der Waals surface area (Å²) in [4.78, 5) is 23.4. The van der Waals surface area contributed by atoms with Crippen LogP contribution in [0.15, 0.2) is 60.7 Å². The van der Waals surface area contributed by atoms with E-state index in [0.717, 1.165) is 11.1 Å². The Bertz CT molecular complexity index is 968. The van der Waals surface area contributed by atoms with Crippen LogP contribution in [0.2, 0.25) is 0 Å². The normalized spacial score (nSPS) is 11.8. The highest BCUT2D eigenvalue weighted by atomic mass is 16.6. The molecule has 144 valence electrons. The largest absolute Gasteiger partial charge is 0.347 e. The fourth-order valence-corrected chi connectivity index (χ4v) is 3.27. The highest BCUT2D eigenvalue weighted by Crippen LogP contribution is 2.22. The number of hydrogen-bond donors (Lipinski definition) is 1. The van der Waals surface area contributed by atoms with Gasteiger partial charge in [-0.15, -0.1) is 0 Å². The number of rotatable bonds is 7. The predicted molar refractivity (Wildman–Crippen MR) is 106 cm³/mol. The molecule has 1 aromatic heterocycles. The Labute approximate surface area is 163 Å². The van der Waals surface area contributed by atoms with E-state index in [9.17, 15) is 14.9 Å². The average Bonchev–Trinajstić information content (AvgIpc) is 2.96. The van der Waals surface area contributed by atoms with Gasteiger partial charge >= 0.3 is 5.69 Å². The number of nitrogens with one attached hydrogen (secondary N) is 1. The van der Waals surface area contributed by atoms with E-state index in [1.807, 2.05) is 60.7 Å². The van der Waals surface area contributed by atoms with Gasteiger partial charge in [-0.1, -0.05) is 60.7 Å². The average molecular weight is 378 g/mol. The number of hydrogen-bond acceptors (Lipinski definition) is 4. The minimum Gasteiger partial charge on any atom is -0.347 e. The van der Waals surface area contributed by atoms with E-state index in [2.05, 4.69) is 10.4 Å². The maximum Gasteiger partial charge on any atom is 0.312 e. The van der Waals surface area contributed by atoms with Crippen molar-refractivity contribution >= 4 is 11.6 Å². The van der Waals surface area contributed by atoms with Gasteiger partial charge in [0.05, 0.1) is 11.0 Å². The molecule has 0 aliphatic rings. The first-order valence-electron chi connectivity index (χ1n) is 9.02. The lowest BCUT2D eigenvalue weighted by atomic mass is 9.99. The molecule has 3 aromatic rings. The summed E-state index contributed by atoms with van der Waals surface area (Å²) in [5.41, 5.74) is 2.74. The zero-order valence-corrected chi connectivity index (χ0v) is 15.8. The Morgan fingerprint density at radius 1 is 1.11 bits per heavy atom. The van der Waals surface area contributed by atoms with E-state index < -0.39 is 4.92 Å². The van der Waals surface area contributed by atoms with Crippen molar-refractivity contribution in [1.29, 1.82) is 0 Å². The maximum atomic E-state index is 12.7. The number of nitrogens with zero attached hydrogens (tertiary/aromatic N) is 3. The van der Waals surface area contributed by atoms with Crippen molar-refractivity contribution in [2.75, 3.05) is 0 Å². The van der Waals surface area contributed by atoms with Gasteiger partial charge < -0.3 is 5.32 Å². The molecule has 0 aliphatic carbocycles. The number of aryl methyl sites for hydroxylation is 1. The first kappa shape index (κ1) is 19.3. The molecular formula is C21H22N4O3. The zero-order chi connectivity index (χ0) is 20.1. The SMILES string of the molecule is Cc1nn(CC(=O)NC(Cc2ccccc2)c2ccccc2)c(C)c1[N+](=O)[O-]. The smallest absolute Gasteiger partial charge is 0.312 e. The highest BCUT2D eigenvalue weighted by molar-refractivity contribution is 5.76. The van der Waals surface area contributed by atoms with Crippen LogP contribution < -0.4 is 5.32 Å². The molecule has 0 aliphatic heterocycles. The van der Waals surface area contributed by atoms with E-state index in [1.165, 1.54) is 4.68 Å². The van der Waals surface area contributed by atoms with Gasteiger partial charge in [0.1, 0.15) is 17.9 Å². The second-order valence-corrected chi connectivity index (χ2v) is 6.65. The summed E-state index contributed by atoms with van der Waals surface area (Å²) in [6, 6.07) is 19.5. The Balaban J connectivity index is 1.78. The van der Waals surface area contributed by atoms with Gasteiger partial charge in [-0.2, -0.15) is 5.10 Å². The zero-order valence-electron chi connectivity index (χ0n) is 15.8. The summed E-state index contributed by atoms with van der Waals surface area (Å²) in [5.74, 6) is -0.245. The van der Waals surface area contributed by atoms with Crippen molar-refractivity contribution < 1.29 is 9.72 Å². The van der Waals surface area contributed by atoms with Gasteiger partial charge in [-0.3, -0.25) is 19.6 Å². The van der Waals surface area contributed by atoms with Crippen LogP contribution in [0, 0.1) is 24.0 Å². The Morgan fingerprint density at radius 2 is 1.71 bits per heavy atom. The lowest BCUT2D eigenvalue weighted by Gasteiger charge is -2.20. The third-order valence-corrected chi connectivity index (χ3v) is 4.64. The minimum atomic E-state index is -0.464. The van der Waals surface area contributed by atoms with Gasteiger partial charge in [0.15, 0.2) is 0 Å². The fourth-order valence-electron chi connectivity index (χ4n) is 3.27. The van der Waals surface area contributed by atoms with Crippen LogP contribution in [0.5, 0.6) is 0 Å². The molecule has 1 N–H and O–H groups in total. The van der Waals surface area contributed by atoms with Gasteiger partial charge in [-0.25, -0.2) is 0 Å². The highest BCUT2D eigenvalue weighted by Gasteiger charge is 2.23. The summed E-state index contributed by atoms with van der Waals surface area (Å²) in [6.07, 6.45) is 0.647. The first-order valence-corrected chi connectivity index (χ1v) is 9.02. The molecule has 0 fully saturated rings. The van der Waals surface area contributed by atoms with Gasteiger partial charge in [0.2, 0.25) is 5.91 Å². The van der Waals surface area contributed by atoms with Crippen LogP contribution in [0.4, 0.5) is 5.69 Å². The molecule has 3 rings (SSSR count). The van der Waals surface area contributed by atoms with Crippen molar-refractivity contribution in [1.82, 2.24) is 15.1 Å². The lowest BCUT2D eigenvalue weighted by Crippen LogP contribution is -2.33. The Hall–Kier alpha value is -3.48. The number of carbonyl (C=O) groups is 1. The van der Waals surface area contributed by atoms with Crippen molar-refractivity contribution in [2.24, 2.45) is 0 Å². The quantitative estimate of drug-likeness (QED) is 0.503. The molecule has 1 unspecified atom stereocenters. The number of aromatic nitrogens is 2. The molecule has 2 aromatic carbocycles. The minimum absolute atomic E-state index is 0.0447. The summed E-state index contributed by atoms with van der Waals surface area (Å²) in [7, 11) is 0. The molecule has 1 amide bonds. The molecule has 7 heteroatoms. The van der Waals surface area contributed by atoms with Crippen molar-refractivity contribution in [3.8, 4) is 0 Å². The third kappa shape index (κ3) is 4.43. The third-order valence-electron chi connectivity index (χ3n) is 4.64. The molecule has 0 saturated carbocycles. The maximum absolute atomic E-state index is 12.7. The number of carbonyl (C=O) groups excluding carboxylic acids is 1. The van der Waals surface area contributed by atoms with Gasteiger partial charge in [0.25, 0.3) is 0 Å². The molecule has 0 saturated heterocycles. The summed E-state index contributed by atoms with van der Waals surface area (Å²) < 4.78 is 1.38. The van der Waals surface area contributed by atoms with Crippen LogP contribution >= 0.6 is 0 Å². The lowest BCUT2D eigenvalue weighted by molar-refractivity contribution is -0.386. The second kappa shape index (κ2) is 8.47. The van der Waals surface area contributed by atoms with E-state index in [0.29, 0.717) is 17.8 Å². The van der Waals surface area contributed by atoms with E-state index in [4.69, 9.17) is 0 Å². The fraction of sp³-hybridized carbons (Fsp3) is 0.238. The molecular weight excluding hydrogens is 356 g/mol. The van der Waals surface area contributed by atoms with Crippen LogP contribution in [0.3, 0.4) is 0 Å². The molecule has 1 atom stereocenters. The molecule has 0 radical (unpaired) electrons. The molecule has 7 nitrogen and oxygen atoms in total. The second-order valence-electron chi connectivity index (χ2n) is 6.65. The van der Waals surface area contributed by atoms with Crippen LogP contribution in [0.1, 0.15) is 28.6 Å². The summed E-state index contributed by atoms with van der Waals surface area (Å²) in [5, 5.41) is 18.4. The standard InChI is InChI=1S/C21H22N4O3/c1-15-21(25(27)28)16(2)24(23-15)14-20(26)22-19(18-11-7-4-8-12-18)13-17-9-5-3-6-10-17/h3-12,19H,13-14H2,1-2H3,(H,22,26). The van der Waals surface area contributed by atoms with Crippen LogP contribution in [-0.4, -0.2) is 20.6 Å². The first-order chi connectivity index (χ1) is 13.5. The Morgan fingerprint density at radius 3 is 2.29 bits per heavy atom. The topological polar surface area (TPSA) is 90.1 Å². The molecule has 28 heavy (non-hydrogen) atoms. The number of benzene rings is 2. The molecule has 1 heterocycles. The molecule has 0 spiro atoms. The van der Waals surface area contributed by atoms with E-state index >= 15 is 0 Å². The van der Waals surface area contributed by atoms with E-state index in [-0.39, 0.29) is 24.2 Å². The van der Waals surface area contributed by atoms with E-state index in [1.54, 1.807) is 13.8 Å². The van der Waals surface area contributed by atoms with Crippen LogP contribution in [-0.2, 0) is 17.8 Å². The monoisotopic (exact) mass is 378 g/mol. The van der Waals surface area contributed by atoms with Gasteiger partial charge in [0, 0.05) is 0 Å². The number of amides is 1. The number of nitro groups is 1.